The van der Waals surface area contributed by atoms with Gasteiger partial charge >= 0.3 is 5.69 Å². The van der Waals surface area contributed by atoms with Crippen molar-refractivity contribution in [3.8, 4) is 0 Å². The first-order valence-corrected chi connectivity index (χ1v) is 10.1. The number of methoxy groups -OCH3 is 1. The van der Waals surface area contributed by atoms with Crippen molar-refractivity contribution in [2.75, 3.05) is 24.4 Å². The monoisotopic (exact) mass is 410 g/mol. The van der Waals surface area contributed by atoms with Crippen LogP contribution in [0.25, 0.3) is 0 Å². The molecule has 2 aliphatic rings. The van der Waals surface area contributed by atoms with Crippen LogP contribution < -0.4 is 21.9 Å². The van der Waals surface area contributed by atoms with Crippen molar-refractivity contribution in [2.24, 2.45) is 17.8 Å². The van der Waals surface area contributed by atoms with Gasteiger partial charge in [0.05, 0.1) is 19.7 Å². The summed E-state index contributed by atoms with van der Waals surface area (Å²) in [6.45, 7) is 0.627. The normalized spacial score (nSPS) is 21.8. The smallest absolute Gasteiger partial charge is 0.330 e. The van der Waals surface area contributed by atoms with E-state index in [1.165, 1.54) is 16.6 Å². The van der Waals surface area contributed by atoms with Crippen molar-refractivity contribution < 1.29 is 9.53 Å². The van der Waals surface area contributed by atoms with Crippen LogP contribution in [0.15, 0.2) is 52.1 Å². The van der Waals surface area contributed by atoms with Gasteiger partial charge in [0.25, 0.3) is 5.56 Å². The zero-order valence-electron chi connectivity index (χ0n) is 16.9. The average Bonchev–Trinajstić information content (AvgIpc) is 3.37. The van der Waals surface area contributed by atoms with Crippen LogP contribution in [0, 0.1) is 17.8 Å². The summed E-state index contributed by atoms with van der Waals surface area (Å²) in [5.74, 6) is 0.241. The molecule has 3 N–H and O–H groups in total. The molecule has 0 unspecified atom stereocenters. The second kappa shape index (κ2) is 8.31. The van der Waals surface area contributed by atoms with E-state index >= 15 is 0 Å². The summed E-state index contributed by atoms with van der Waals surface area (Å²) in [5.41, 5.74) is 5.89. The highest BCUT2D eigenvalue weighted by molar-refractivity contribution is 5.97. The highest BCUT2D eigenvalue weighted by Crippen LogP contribution is 2.44. The minimum absolute atomic E-state index is 0.0197. The Hall–Kier alpha value is -3.13. The third-order valence-electron chi connectivity index (χ3n) is 6.05. The number of fused-ring (bicyclic) bond motifs is 2. The van der Waals surface area contributed by atoms with Gasteiger partial charge in [-0.1, -0.05) is 42.5 Å². The maximum atomic E-state index is 13.6. The van der Waals surface area contributed by atoms with Gasteiger partial charge in [-0.25, -0.2) is 4.79 Å². The van der Waals surface area contributed by atoms with Gasteiger partial charge in [0.1, 0.15) is 5.82 Å². The predicted molar refractivity (Wildman–Crippen MR) is 114 cm³/mol. The molecule has 3 atom stereocenters. The van der Waals surface area contributed by atoms with E-state index in [0.29, 0.717) is 5.92 Å². The van der Waals surface area contributed by atoms with E-state index in [1.807, 2.05) is 30.3 Å². The number of carbonyl (C=O) groups is 1. The van der Waals surface area contributed by atoms with Gasteiger partial charge in [-0.2, -0.15) is 0 Å². The molecule has 0 spiro atoms. The summed E-state index contributed by atoms with van der Waals surface area (Å²) in [5, 5.41) is 0. The van der Waals surface area contributed by atoms with Crippen LogP contribution >= 0.6 is 0 Å². The molecular formula is C22H26N4O4. The molecule has 4 rings (SSSR count). The van der Waals surface area contributed by atoms with Crippen LogP contribution in [0.2, 0.25) is 0 Å². The van der Waals surface area contributed by atoms with Gasteiger partial charge < -0.3 is 10.5 Å². The lowest BCUT2D eigenvalue weighted by Gasteiger charge is -2.29. The Bertz CT molecular complexity index is 1070. The number of carbonyl (C=O) groups excluding carboxylic acids is 1. The molecule has 0 radical (unpaired) electrons. The number of H-pyrrole nitrogens is 1. The topological polar surface area (TPSA) is 110 Å². The van der Waals surface area contributed by atoms with Gasteiger partial charge in [0.15, 0.2) is 5.69 Å². The first kappa shape index (κ1) is 20.2. The number of nitrogen functional groups attached to an aromatic ring is 1. The number of amides is 1. The lowest BCUT2D eigenvalue weighted by atomic mass is 9.92. The number of aromatic amines is 1. The Morgan fingerprint density at radius 1 is 1.23 bits per heavy atom. The van der Waals surface area contributed by atoms with Crippen molar-refractivity contribution in [1.82, 2.24) is 9.55 Å². The second-order valence-corrected chi connectivity index (χ2v) is 7.93. The molecule has 1 saturated carbocycles. The number of anilines is 2. The fraction of sp³-hybridized carbons (Fsp3) is 0.409. The van der Waals surface area contributed by atoms with E-state index in [9.17, 15) is 14.4 Å². The Balaban J connectivity index is 1.77. The van der Waals surface area contributed by atoms with Gasteiger partial charge in [-0.05, 0) is 30.2 Å². The lowest BCUT2D eigenvalue weighted by Crippen LogP contribution is -2.44. The third-order valence-corrected chi connectivity index (χ3v) is 6.05. The summed E-state index contributed by atoms with van der Waals surface area (Å²) in [4.78, 5) is 42.5. The lowest BCUT2D eigenvalue weighted by molar-refractivity contribution is -0.123. The molecule has 2 aromatic rings. The van der Waals surface area contributed by atoms with Crippen LogP contribution in [-0.4, -0.2) is 29.2 Å². The van der Waals surface area contributed by atoms with Crippen LogP contribution in [0.5, 0.6) is 0 Å². The van der Waals surface area contributed by atoms with Crippen molar-refractivity contribution in [3.05, 3.63) is 68.9 Å². The summed E-state index contributed by atoms with van der Waals surface area (Å²) in [7, 11) is 1.52. The molecule has 2 aliphatic carbocycles. The summed E-state index contributed by atoms with van der Waals surface area (Å²) in [6.07, 6.45) is 6.01. The number of hydrogen-bond acceptors (Lipinski definition) is 5. The van der Waals surface area contributed by atoms with Crippen LogP contribution in [0.3, 0.4) is 0 Å². The largest absolute Gasteiger partial charge is 0.383 e. The second-order valence-electron chi connectivity index (χ2n) is 7.93. The van der Waals surface area contributed by atoms with Crippen LogP contribution in [-0.2, 0) is 22.6 Å². The molecule has 0 saturated heterocycles. The van der Waals surface area contributed by atoms with E-state index < -0.39 is 11.2 Å². The molecule has 1 heterocycles. The summed E-state index contributed by atoms with van der Waals surface area (Å²) in [6, 6.07) is 9.44. The molecule has 0 aliphatic heterocycles. The zero-order valence-corrected chi connectivity index (χ0v) is 16.9. The molecule has 158 valence electrons. The number of ether oxygens (including phenoxy) is 1. The highest BCUT2D eigenvalue weighted by Gasteiger charge is 2.42. The van der Waals surface area contributed by atoms with E-state index in [2.05, 4.69) is 17.1 Å². The van der Waals surface area contributed by atoms with Gasteiger partial charge in [-0.15, -0.1) is 0 Å². The van der Waals surface area contributed by atoms with Crippen molar-refractivity contribution >= 4 is 17.4 Å². The summed E-state index contributed by atoms with van der Waals surface area (Å²) < 4.78 is 6.29. The fourth-order valence-corrected chi connectivity index (χ4v) is 4.54. The number of nitrogens with zero attached hydrogens (tertiary/aromatic N) is 2. The molecule has 8 nitrogen and oxygen atoms in total. The Kier molecular flexibility index (Phi) is 5.59. The number of allylic oxidation sites excluding steroid dienone is 2. The van der Waals surface area contributed by atoms with Gasteiger partial charge in [0, 0.05) is 13.0 Å². The first-order valence-electron chi connectivity index (χ1n) is 10.1. The quantitative estimate of drug-likeness (QED) is 0.673. The van der Waals surface area contributed by atoms with Gasteiger partial charge in [0.2, 0.25) is 5.91 Å². The van der Waals surface area contributed by atoms with Gasteiger partial charge in [-0.3, -0.25) is 24.0 Å². The molecule has 2 bridgehead atoms. The number of nitrogens with one attached hydrogen (secondary N) is 1. The first-order chi connectivity index (χ1) is 14.5. The Morgan fingerprint density at radius 3 is 2.63 bits per heavy atom. The minimum Gasteiger partial charge on any atom is -0.383 e. The van der Waals surface area contributed by atoms with E-state index in [4.69, 9.17) is 10.5 Å². The maximum absolute atomic E-state index is 13.6. The zero-order chi connectivity index (χ0) is 21.3. The van der Waals surface area contributed by atoms with Crippen LogP contribution in [0.1, 0.15) is 18.4 Å². The molecule has 1 fully saturated rings. The average molecular weight is 410 g/mol. The molecule has 1 aromatic heterocycles. The maximum Gasteiger partial charge on any atom is 0.330 e. The van der Waals surface area contributed by atoms with E-state index in [1.54, 1.807) is 0 Å². The number of nitrogens with two attached hydrogens (primary N) is 1. The third kappa shape index (κ3) is 3.70. The minimum atomic E-state index is -0.658. The van der Waals surface area contributed by atoms with Crippen molar-refractivity contribution in [1.29, 1.82) is 0 Å². The standard InChI is InChI=1S/C22H26N4O4/c1-30-10-9-25-19(23)18(20(27)24-22(25)29)26(13-14-5-3-2-4-6-14)21(28)17-12-15-7-8-16(17)11-15/h2-8,15-17H,9-13,23H2,1H3,(H,24,27,29)/t15-,16+,17-/m1/s1. The van der Waals surface area contributed by atoms with E-state index in [-0.39, 0.29) is 48.9 Å². The summed E-state index contributed by atoms with van der Waals surface area (Å²) >= 11 is 0. The van der Waals surface area contributed by atoms with Crippen molar-refractivity contribution in [2.45, 2.75) is 25.9 Å². The number of rotatable bonds is 7. The molecule has 8 heteroatoms. The van der Waals surface area contributed by atoms with Crippen LogP contribution in [0.4, 0.5) is 11.5 Å². The number of benzene rings is 1. The Labute approximate surface area is 174 Å². The Morgan fingerprint density at radius 2 is 2.00 bits per heavy atom. The highest BCUT2D eigenvalue weighted by atomic mass is 16.5. The SMILES string of the molecule is COCCn1c(N)c(N(Cc2ccccc2)C(=O)[C@@H]2C[C@@H]3C=C[C@H]2C3)c(=O)[nH]c1=O. The molecule has 1 aromatic carbocycles. The van der Waals surface area contributed by atoms with Crippen molar-refractivity contribution in [3.63, 3.8) is 0 Å². The molecule has 1 amide bonds. The molecule has 30 heavy (non-hydrogen) atoms. The number of hydrogen-bond donors (Lipinski definition) is 2. The van der Waals surface area contributed by atoms with E-state index in [0.717, 1.165) is 18.4 Å². The molecular weight excluding hydrogens is 384 g/mol. The predicted octanol–water partition coefficient (Wildman–Crippen LogP) is 1.51. The number of aromatic nitrogens is 2. The fourth-order valence-electron chi connectivity index (χ4n) is 4.54.